The fourth-order valence-corrected chi connectivity index (χ4v) is 2.72. The van der Waals surface area contributed by atoms with E-state index in [0.29, 0.717) is 17.3 Å². The van der Waals surface area contributed by atoms with Gasteiger partial charge in [-0.1, -0.05) is 20.8 Å². The molecule has 0 N–H and O–H groups in total. The number of carbonyl (C=O) groups is 1. The van der Waals surface area contributed by atoms with Crippen molar-refractivity contribution in [3.63, 3.8) is 0 Å². The number of amides is 1. The zero-order chi connectivity index (χ0) is 19.1. The lowest BCUT2D eigenvalue weighted by Gasteiger charge is -2.28. The topological polar surface area (TPSA) is 63.4 Å². The van der Waals surface area contributed by atoms with Crippen molar-refractivity contribution in [3.05, 3.63) is 53.4 Å². The van der Waals surface area contributed by atoms with Gasteiger partial charge >= 0.3 is 0 Å². The molecule has 2 aromatic heterocycles. The number of carbonyl (C=O) groups excluding carboxylic acids is 1. The van der Waals surface area contributed by atoms with Gasteiger partial charge in [0.1, 0.15) is 5.82 Å². The number of rotatable bonds is 3. The van der Waals surface area contributed by atoms with Crippen molar-refractivity contribution in [1.29, 1.82) is 0 Å². The van der Waals surface area contributed by atoms with Gasteiger partial charge in [-0.05, 0) is 44.2 Å². The Balaban J connectivity index is 2.01. The summed E-state index contributed by atoms with van der Waals surface area (Å²) < 4.78 is 15.0. The van der Waals surface area contributed by atoms with Crippen molar-refractivity contribution >= 4 is 17.4 Å². The lowest BCUT2D eigenvalue weighted by molar-refractivity contribution is -0.125. The highest BCUT2D eigenvalue weighted by Crippen LogP contribution is 2.25. The highest BCUT2D eigenvalue weighted by Gasteiger charge is 2.29. The Morgan fingerprint density at radius 1 is 1.15 bits per heavy atom. The van der Waals surface area contributed by atoms with Gasteiger partial charge in [-0.3, -0.25) is 4.79 Å². The number of benzene rings is 1. The molecule has 3 aromatic rings. The van der Waals surface area contributed by atoms with Gasteiger partial charge in [0, 0.05) is 22.5 Å². The number of aromatic nitrogens is 4. The Labute approximate surface area is 151 Å². The van der Waals surface area contributed by atoms with Crippen LogP contribution in [0.5, 0.6) is 0 Å². The second-order valence-electron chi connectivity index (χ2n) is 7.40. The first kappa shape index (κ1) is 18.0. The normalized spacial score (nSPS) is 11.8. The van der Waals surface area contributed by atoms with Crippen LogP contribution in [0.15, 0.2) is 30.3 Å². The molecule has 26 heavy (non-hydrogen) atoms. The van der Waals surface area contributed by atoms with Gasteiger partial charge in [0.25, 0.3) is 5.78 Å². The van der Waals surface area contributed by atoms with E-state index in [1.165, 1.54) is 12.1 Å². The summed E-state index contributed by atoms with van der Waals surface area (Å²) in [6, 6.07) is 7.77. The van der Waals surface area contributed by atoms with E-state index < -0.39 is 5.41 Å². The average Bonchev–Trinajstić information content (AvgIpc) is 2.95. The van der Waals surface area contributed by atoms with Crippen LogP contribution in [0.2, 0.25) is 0 Å². The monoisotopic (exact) mass is 355 g/mol. The van der Waals surface area contributed by atoms with Crippen molar-refractivity contribution in [2.24, 2.45) is 5.41 Å². The van der Waals surface area contributed by atoms with Crippen LogP contribution in [0, 0.1) is 25.1 Å². The van der Waals surface area contributed by atoms with Crippen LogP contribution in [0.1, 0.15) is 38.0 Å². The molecule has 1 amide bonds. The lowest BCUT2D eigenvalue weighted by Crippen LogP contribution is -2.39. The molecule has 3 rings (SSSR count). The number of nitrogens with zero attached hydrogens (tertiary/aromatic N) is 5. The first-order chi connectivity index (χ1) is 12.1. The summed E-state index contributed by atoms with van der Waals surface area (Å²) in [5.74, 6) is 0.537. The van der Waals surface area contributed by atoms with E-state index in [1.807, 2.05) is 40.7 Å². The van der Waals surface area contributed by atoms with E-state index in [4.69, 9.17) is 0 Å². The van der Waals surface area contributed by atoms with Crippen LogP contribution in [-0.2, 0) is 11.3 Å². The second kappa shape index (κ2) is 6.48. The molecule has 0 aliphatic carbocycles. The van der Waals surface area contributed by atoms with E-state index in [-0.39, 0.29) is 18.3 Å². The van der Waals surface area contributed by atoms with E-state index in [2.05, 4.69) is 15.1 Å². The molecule has 1 aromatic carbocycles. The Kier molecular flexibility index (Phi) is 4.48. The van der Waals surface area contributed by atoms with Gasteiger partial charge < -0.3 is 4.90 Å². The molecule has 0 saturated heterocycles. The summed E-state index contributed by atoms with van der Waals surface area (Å²) >= 11 is 0. The smallest absolute Gasteiger partial charge is 0.252 e. The van der Waals surface area contributed by atoms with Crippen LogP contribution in [0.4, 0.5) is 10.1 Å². The molecule has 0 aliphatic rings. The predicted octanol–water partition coefficient (Wildman–Crippen LogP) is 3.46. The fourth-order valence-electron chi connectivity index (χ4n) is 2.72. The summed E-state index contributed by atoms with van der Waals surface area (Å²) in [6.07, 6.45) is 0. The SMILES string of the molecule is Cc1cc(C)n2nc(CN(C(=O)C(C)(C)C)c3ccc(F)cc3)nc2n1. The maximum atomic E-state index is 13.3. The van der Waals surface area contributed by atoms with E-state index in [1.54, 1.807) is 21.5 Å². The predicted molar refractivity (Wildman–Crippen MR) is 97.3 cm³/mol. The second-order valence-corrected chi connectivity index (χ2v) is 7.40. The molecule has 0 bridgehead atoms. The molecule has 0 unspecified atom stereocenters. The van der Waals surface area contributed by atoms with Gasteiger partial charge in [0.05, 0.1) is 6.54 Å². The van der Waals surface area contributed by atoms with Gasteiger partial charge in [0.15, 0.2) is 5.82 Å². The van der Waals surface area contributed by atoms with Crippen LogP contribution in [-0.4, -0.2) is 25.5 Å². The Morgan fingerprint density at radius 3 is 2.42 bits per heavy atom. The molecule has 0 saturated carbocycles. The molecule has 6 nitrogen and oxygen atoms in total. The minimum absolute atomic E-state index is 0.0937. The number of anilines is 1. The molecule has 0 radical (unpaired) electrons. The minimum Gasteiger partial charge on any atom is -0.304 e. The van der Waals surface area contributed by atoms with Crippen LogP contribution in [0.3, 0.4) is 0 Å². The zero-order valence-corrected chi connectivity index (χ0v) is 15.6. The first-order valence-corrected chi connectivity index (χ1v) is 8.42. The van der Waals surface area contributed by atoms with E-state index in [0.717, 1.165) is 11.4 Å². The van der Waals surface area contributed by atoms with Crippen molar-refractivity contribution < 1.29 is 9.18 Å². The fraction of sp³-hybridized carbons (Fsp3) is 0.368. The van der Waals surface area contributed by atoms with Crippen LogP contribution in [0.25, 0.3) is 5.78 Å². The quantitative estimate of drug-likeness (QED) is 0.722. The van der Waals surface area contributed by atoms with Crippen LogP contribution >= 0.6 is 0 Å². The summed E-state index contributed by atoms with van der Waals surface area (Å²) in [5.41, 5.74) is 1.78. The average molecular weight is 355 g/mol. The molecule has 0 fully saturated rings. The third-order valence-corrected chi connectivity index (χ3v) is 3.99. The number of aryl methyl sites for hydroxylation is 2. The largest absolute Gasteiger partial charge is 0.304 e. The Bertz CT molecular complexity index is 956. The summed E-state index contributed by atoms with van der Waals surface area (Å²) in [7, 11) is 0. The number of hydrogen-bond donors (Lipinski definition) is 0. The number of halogens is 1. The highest BCUT2D eigenvalue weighted by atomic mass is 19.1. The molecule has 0 spiro atoms. The third kappa shape index (κ3) is 3.56. The minimum atomic E-state index is -0.599. The molecule has 136 valence electrons. The molecular weight excluding hydrogens is 333 g/mol. The third-order valence-electron chi connectivity index (χ3n) is 3.99. The van der Waals surface area contributed by atoms with Crippen LogP contribution < -0.4 is 4.90 Å². The maximum Gasteiger partial charge on any atom is 0.252 e. The van der Waals surface area contributed by atoms with Gasteiger partial charge in [-0.15, -0.1) is 5.10 Å². The summed E-state index contributed by atoms with van der Waals surface area (Å²) in [6.45, 7) is 9.55. The molecular formula is C19H22FN5O. The molecule has 7 heteroatoms. The maximum absolute atomic E-state index is 13.3. The van der Waals surface area contributed by atoms with E-state index >= 15 is 0 Å². The number of hydrogen-bond acceptors (Lipinski definition) is 4. The molecule has 0 aliphatic heterocycles. The Hall–Kier alpha value is -2.83. The summed E-state index contributed by atoms with van der Waals surface area (Å²) in [4.78, 5) is 23.4. The van der Waals surface area contributed by atoms with Crippen molar-refractivity contribution in [2.75, 3.05) is 4.90 Å². The van der Waals surface area contributed by atoms with Crippen molar-refractivity contribution in [3.8, 4) is 0 Å². The van der Waals surface area contributed by atoms with Gasteiger partial charge in [-0.2, -0.15) is 4.98 Å². The number of fused-ring (bicyclic) bond motifs is 1. The lowest BCUT2D eigenvalue weighted by atomic mass is 9.94. The van der Waals surface area contributed by atoms with Crippen molar-refractivity contribution in [1.82, 2.24) is 19.6 Å². The van der Waals surface area contributed by atoms with Gasteiger partial charge in [-0.25, -0.2) is 13.9 Å². The van der Waals surface area contributed by atoms with Gasteiger partial charge in [0.2, 0.25) is 5.91 Å². The zero-order valence-electron chi connectivity index (χ0n) is 15.6. The van der Waals surface area contributed by atoms with Crippen molar-refractivity contribution in [2.45, 2.75) is 41.2 Å². The molecule has 2 heterocycles. The highest BCUT2D eigenvalue weighted by molar-refractivity contribution is 5.96. The molecule has 0 atom stereocenters. The first-order valence-electron chi connectivity index (χ1n) is 8.42. The standard InChI is InChI=1S/C19H22FN5O/c1-12-10-13(2)25-18(21-12)22-16(23-25)11-24(17(26)19(3,4)5)15-8-6-14(20)7-9-15/h6-10H,11H2,1-5H3. The Morgan fingerprint density at radius 2 is 1.81 bits per heavy atom. The van der Waals surface area contributed by atoms with E-state index in [9.17, 15) is 9.18 Å². The summed E-state index contributed by atoms with van der Waals surface area (Å²) in [5, 5.41) is 4.48.